The van der Waals surface area contributed by atoms with Gasteiger partial charge in [0.1, 0.15) is 17.2 Å². The quantitative estimate of drug-likeness (QED) is 0.628. The molecule has 0 spiro atoms. The van der Waals surface area contributed by atoms with Crippen LogP contribution in [0.5, 0.6) is 0 Å². The van der Waals surface area contributed by atoms with E-state index in [-0.39, 0.29) is 17.9 Å². The second kappa shape index (κ2) is 7.86. The summed E-state index contributed by atoms with van der Waals surface area (Å²) in [6.45, 7) is 10.2. The topological polar surface area (TPSA) is 123 Å². The van der Waals surface area contributed by atoms with Crippen LogP contribution in [0.25, 0.3) is 0 Å². The van der Waals surface area contributed by atoms with Gasteiger partial charge in [0.25, 0.3) is 0 Å². The van der Waals surface area contributed by atoms with Gasteiger partial charge in [-0.05, 0) is 41.5 Å². The zero-order valence-electron chi connectivity index (χ0n) is 16.3. The van der Waals surface area contributed by atoms with Crippen molar-refractivity contribution in [3.63, 3.8) is 0 Å². The van der Waals surface area contributed by atoms with Gasteiger partial charge in [0, 0.05) is 12.6 Å². The molecule has 0 aliphatic rings. The van der Waals surface area contributed by atoms with Crippen molar-refractivity contribution >= 4 is 18.0 Å². The molecule has 1 rings (SSSR count). The fraction of sp³-hybridized carbons (Fsp3) is 0.647. The van der Waals surface area contributed by atoms with Crippen molar-refractivity contribution < 1.29 is 28.6 Å². The van der Waals surface area contributed by atoms with E-state index in [1.165, 1.54) is 13.3 Å². The van der Waals surface area contributed by atoms with E-state index in [0.29, 0.717) is 0 Å². The Labute approximate surface area is 152 Å². The van der Waals surface area contributed by atoms with E-state index in [9.17, 15) is 14.4 Å². The number of nitrogens with two attached hydrogens (primary N) is 1. The summed E-state index contributed by atoms with van der Waals surface area (Å²) in [6.07, 6.45) is 0.498. The molecule has 9 nitrogen and oxygen atoms in total. The minimum atomic E-state index is -0.978. The molecular weight excluding hydrogens is 342 g/mol. The lowest BCUT2D eigenvalue weighted by atomic mass is 10.2. The van der Waals surface area contributed by atoms with Crippen LogP contribution in [0.3, 0.4) is 0 Å². The lowest BCUT2D eigenvalue weighted by molar-refractivity contribution is -0.142. The molecule has 1 atom stereocenters. The van der Waals surface area contributed by atoms with Crippen molar-refractivity contribution in [3.8, 4) is 0 Å². The highest BCUT2D eigenvalue weighted by Crippen LogP contribution is 2.16. The third kappa shape index (κ3) is 6.47. The van der Waals surface area contributed by atoms with Crippen LogP contribution in [0.1, 0.15) is 57.9 Å². The third-order valence-electron chi connectivity index (χ3n) is 2.86. The normalized spacial score (nSPS) is 13.1. The van der Waals surface area contributed by atoms with Crippen LogP contribution in [0.15, 0.2) is 6.20 Å². The summed E-state index contributed by atoms with van der Waals surface area (Å²) < 4.78 is 16.1. The van der Waals surface area contributed by atoms with Crippen LogP contribution >= 0.6 is 0 Å². The highest BCUT2D eigenvalue weighted by molar-refractivity contribution is 5.90. The molecule has 26 heavy (non-hydrogen) atoms. The van der Waals surface area contributed by atoms with Gasteiger partial charge in [-0.2, -0.15) is 0 Å². The summed E-state index contributed by atoms with van der Waals surface area (Å²) in [4.78, 5) is 40.4. The first kappa shape index (κ1) is 21.6. The van der Waals surface area contributed by atoms with Gasteiger partial charge in [-0.3, -0.25) is 4.79 Å². The fourth-order valence-corrected chi connectivity index (χ4v) is 1.91. The maximum Gasteiger partial charge on any atom is 0.420 e. The highest BCUT2D eigenvalue weighted by atomic mass is 16.6. The number of hydrogen-bond donors (Lipinski definition) is 1. The average molecular weight is 369 g/mol. The predicted octanol–water partition coefficient (Wildman–Crippen LogP) is 1.66. The molecule has 1 heterocycles. The van der Waals surface area contributed by atoms with Crippen LogP contribution < -0.4 is 5.73 Å². The Morgan fingerprint density at radius 1 is 1.12 bits per heavy atom. The first-order valence-corrected chi connectivity index (χ1v) is 8.12. The van der Waals surface area contributed by atoms with E-state index in [0.717, 1.165) is 4.57 Å². The summed E-state index contributed by atoms with van der Waals surface area (Å²) in [5.74, 6) is -1.67. The summed E-state index contributed by atoms with van der Waals surface area (Å²) >= 11 is 0. The molecule has 0 amide bonds. The smallest absolute Gasteiger partial charge is 0.420 e. The molecule has 0 aliphatic heterocycles. The Bertz CT molecular complexity index is 636. The molecule has 0 radical (unpaired) electrons. The first-order chi connectivity index (χ1) is 11.7. The number of ether oxygens (including phenoxy) is 3. The Morgan fingerprint density at radius 3 is 2.12 bits per heavy atom. The number of hydrogen-bond acceptors (Lipinski definition) is 8. The zero-order valence-corrected chi connectivity index (χ0v) is 16.3. The van der Waals surface area contributed by atoms with Gasteiger partial charge in [-0.25, -0.2) is 19.1 Å². The van der Waals surface area contributed by atoms with E-state index in [1.807, 2.05) is 0 Å². The summed E-state index contributed by atoms with van der Waals surface area (Å²) in [6, 6.07) is -0.978. The van der Waals surface area contributed by atoms with Gasteiger partial charge in [-0.15, -0.1) is 0 Å². The molecule has 0 fully saturated rings. The van der Waals surface area contributed by atoms with Crippen molar-refractivity contribution in [2.24, 2.45) is 5.73 Å². The van der Waals surface area contributed by atoms with Gasteiger partial charge in [-0.1, -0.05) is 0 Å². The number of nitrogens with zero attached hydrogens (tertiary/aromatic N) is 2. The molecule has 0 saturated heterocycles. The maximum absolute atomic E-state index is 12.4. The molecule has 0 saturated carbocycles. The number of carbonyl (C=O) groups excluding carboxylic acids is 3. The maximum atomic E-state index is 12.4. The molecule has 0 bridgehead atoms. The van der Waals surface area contributed by atoms with Crippen molar-refractivity contribution in [3.05, 3.63) is 17.7 Å². The van der Waals surface area contributed by atoms with Gasteiger partial charge in [0.05, 0.1) is 12.8 Å². The van der Waals surface area contributed by atoms with Crippen LogP contribution in [-0.4, -0.2) is 51.9 Å². The number of imidazole rings is 1. The van der Waals surface area contributed by atoms with Crippen LogP contribution in [0.2, 0.25) is 0 Å². The third-order valence-corrected chi connectivity index (χ3v) is 2.86. The number of rotatable bonds is 4. The van der Waals surface area contributed by atoms with Crippen molar-refractivity contribution in [2.75, 3.05) is 7.11 Å². The molecule has 1 aromatic heterocycles. The Kier molecular flexibility index (Phi) is 6.54. The molecule has 0 aliphatic carbocycles. The van der Waals surface area contributed by atoms with Gasteiger partial charge in [0.2, 0.25) is 5.82 Å². The van der Waals surface area contributed by atoms with E-state index in [4.69, 9.17) is 15.2 Å². The van der Waals surface area contributed by atoms with Crippen molar-refractivity contribution in [2.45, 2.75) is 65.2 Å². The molecule has 0 unspecified atom stereocenters. The Balaban J connectivity index is 3.21. The molecule has 9 heteroatoms. The van der Waals surface area contributed by atoms with E-state index >= 15 is 0 Å². The fourth-order valence-electron chi connectivity index (χ4n) is 1.91. The summed E-state index contributed by atoms with van der Waals surface area (Å²) in [7, 11) is 1.22. The van der Waals surface area contributed by atoms with Crippen molar-refractivity contribution in [1.82, 2.24) is 9.55 Å². The Morgan fingerprint density at radius 2 is 1.65 bits per heavy atom. The van der Waals surface area contributed by atoms with Gasteiger partial charge < -0.3 is 19.9 Å². The summed E-state index contributed by atoms with van der Waals surface area (Å²) in [5.41, 5.74) is 4.44. The molecule has 146 valence electrons. The lowest BCUT2D eigenvalue weighted by Gasteiger charge is -2.21. The van der Waals surface area contributed by atoms with Crippen LogP contribution in [-0.2, 0) is 25.4 Å². The molecular formula is C17H27N3O6. The number of esters is 2. The zero-order chi connectivity index (χ0) is 20.3. The standard InChI is InChI=1S/C17H27N3O6/c1-16(2,3)25-14(22)12-19-10(8-11(18)13(21)24-7)9-20(12)15(23)26-17(4,5)6/h9,11H,8,18H2,1-7H3/t11-/m0/s1. The predicted molar refractivity (Wildman–Crippen MR) is 92.7 cm³/mol. The monoisotopic (exact) mass is 369 g/mol. The molecule has 1 aromatic rings. The van der Waals surface area contributed by atoms with Crippen LogP contribution in [0, 0.1) is 0 Å². The van der Waals surface area contributed by atoms with E-state index < -0.39 is 35.3 Å². The number of carbonyl (C=O) groups is 3. The van der Waals surface area contributed by atoms with Gasteiger partial charge in [0.15, 0.2) is 0 Å². The first-order valence-electron chi connectivity index (χ1n) is 8.12. The largest absolute Gasteiger partial charge is 0.468 e. The van der Waals surface area contributed by atoms with Crippen LogP contribution in [0.4, 0.5) is 4.79 Å². The highest BCUT2D eigenvalue weighted by Gasteiger charge is 2.29. The second-order valence-corrected chi connectivity index (χ2v) is 7.74. The van der Waals surface area contributed by atoms with E-state index in [1.54, 1.807) is 41.5 Å². The van der Waals surface area contributed by atoms with Gasteiger partial charge >= 0.3 is 18.0 Å². The lowest BCUT2D eigenvalue weighted by Crippen LogP contribution is -2.33. The number of methoxy groups -OCH3 is 1. The van der Waals surface area contributed by atoms with E-state index in [2.05, 4.69) is 9.72 Å². The SMILES string of the molecule is COC(=O)[C@@H](N)Cc1cn(C(=O)OC(C)(C)C)c(C(=O)OC(C)(C)C)n1. The number of aromatic nitrogens is 2. The minimum absolute atomic E-state index is 0.0156. The molecule has 2 N–H and O–H groups in total. The average Bonchev–Trinajstić information content (AvgIpc) is 2.86. The Hall–Kier alpha value is -2.42. The minimum Gasteiger partial charge on any atom is -0.468 e. The second-order valence-electron chi connectivity index (χ2n) is 7.74. The molecule has 0 aromatic carbocycles. The summed E-state index contributed by atoms with van der Waals surface area (Å²) in [5, 5.41) is 0. The van der Waals surface area contributed by atoms with Crippen molar-refractivity contribution in [1.29, 1.82) is 0 Å².